The van der Waals surface area contributed by atoms with Gasteiger partial charge in [0.2, 0.25) is 15.7 Å². The Morgan fingerprint density at radius 1 is 1.19 bits per heavy atom. The summed E-state index contributed by atoms with van der Waals surface area (Å²) in [7, 11) is -3.38. The molecule has 0 saturated heterocycles. The largest absolute Gasteiger partial charge is 0.436 e. The van der Waals surface area contributed by atoms with Crippen LogP contribution < -0.4 is 15.2 Å². The zero-order valence-corrected chi connectivity index (χ0v) is 21.5. The number of nitrogens with two attached hydrogens (primary N) is 1. The second kappa shape index (κ2) is 9.75. The number of hydrogen-bond donors (Lipinski definition) is 2. The highest BCUT2D eigenvalue weighted by Gasteiger charge is 2.28. The van der Waals surface area contributed by atoms with Gasteiger partial charge >= 0.3 is 0 Å². The van der Waals surface area contributed by atoms with E-state index in [1.54, 1.807) is 6.07 Å². The zero-order chi connectivity index (χ0) is 26.2. The summed E-state index contributed by atoms with van der Waals surface area (Å²) in [6.07, 6.45) is 6.70. The van der Waals surface area contributed by atoms with Gasteiger partial charge in [0.25, 0.3) is 5.88 Å². The van der Waals surface area contributed by atoms with E-state index in [4.69, 9.17) is 10.5 Å². The second-order valence-electron chi connectivity index (χ2n) is 9.27. The molecule has 0 unspecified atom stereocenters. The molecule has 2 heterocycles. The smallest absolute Gasteiger partial charge is 0.256 e. The van der Waals surface area contributed by atoms with Gasteiger partial charge < -0.3 is 15.0 Å². The minimum absolute atomic E-state index is 0.0749. The first-order valence-electron chi connectivity index (χ1n) is 12.2. The molecule has 9 nitrogen and oxygen atoms in total. The lowest BCUT2D eigenvalue weighted by molar-refractivity contribution is 0.324. The van der Waals surface area contributed by atoms with E-state index in [2.05, 4.69) is 19.3 Å². The van der Waals surface area contributed by atoms with E-state index in [1.807, 2.05) is 50.2 Å². The summed E-state index contributed by atoms with van der Waals surface area (Å²) < 4.78 is 35.4. The number of hydrogen-bond acceptors (Lipinski definition) is 7. The molecule has 0 amide bonds. The van der Waals surface area contributed by atoms with Crippen molar-refractivity contribution in [1.82, 2.24) is 14.5 Å². The Bertz CT molecular complexity index is 1630. The summed E-state index contributed by atoms with van der Waals surface area (Å²) >= 11 is 0. The molecular weight excluding hydrogens is 488 g/mol. The number of aromatic nitrogens is 3. The minimum atomic E-state index is -3.38. The molecule has 3 N–H and O–H groups in total. The van der Waals surface area contributed by atoms with Crippen LogP contribution in [0.25, 0.3) is 22.2 Å². The van der Waals surface area contributed by atoms with Gasteiger partial charge in [0.15, 0.2) is 0 Å². The van der Waals surface area contributed by atoms with Gasteiger partial charge in [-0.05, 0) is 62.4 Å². The lowest BCUT2D eigenvalue weighted by Crippen LogP contribution is -2.18. The number of aryl methyl sites for hydroxylation is 1. The van der Waals surface area contributed by atoms with Crippen molar-refractivity contribution in [3.05, 3.63) is 60.0 Å². The molecule has 1 aliphatic carbocycles. The van der Waals surface area contributed by atoms with Crippen molar-refractivity contribution in [2.24, 2.45) is 0 Å². The fourth-order valence-corrected chi connectivity index (χ4v) is 5.88. The highest BCUT2D eigenvalue weighted by Crippen LogP contribution is 2.46. The molecule has 0 spiro atoms. The Balaban J connectivity index is 1.59. The quantitative estimate of drug-likeness (QED) is 0.314. The molecule has 5 rings (SSSR count). The number of ether oxygens (including phenoxy) is 1. The van der Waals surface area contributed by atoms with Crippen LogP contribution in [-0.2, 0) is 10.0 Å². The summed E-state index contributed by atoms with van der Waals surface area (Å²) in [4.78, 5) is 8.16. The normalized spacial score (nSPS) is 13.8. The van der Waals surface area contributed by atoms with E-state index in [-0.39, 0.29) is 17.3 Å². The van der Waals surface area contributed by atoms with Gasteiger partial charge in [-0.1, -0.05) is 13.0 Å². The standard InChI is InChI=1S/C27H28N6O3S/c1-3-13-37(34,35)32-18-7-9-21(17(2)14-18)26-25(29)22-10-8-20(15-24(22)33(26)19-5-4-6-19)36-27-23(16-28)30-11-12-31-27/h7-12,14-15,19,32H,3-6,13,29H2,1-2H3. The topological polar surface area (TPSA) is 136 Å². The Kier molecular flexibility index (Phi) is 6.48. The van der Waals surface area contributed by atoms with Crippen LogP contribution >= 0.6 is 0 Å². The van der Waals surface area contributed by atoms with Crippen molar-refractivity contribution >= 4 is 32.3 Å². The number of benzene rings is 2. The van der Waals surface area contributed by atoms with Gasteiger partial charge in [0.1, 0.15) is 11.8 Å². The molecule has 0 radical (unpaired) electrons. The van der Waals surface area contributed by atoms with Crippen LogP contribution in [0.3, 0.4) is 0 Å². The first-order chi connectivity index (χ1) is 17.8. The third-order valence-electron chi connectivity index (χ3n) is 6.67. The number of nitrogens with one attached hydrogen (secondary N) is 1. The molecule has 1 fully saturated rings. The fraction of sp³-hybridized carbons (Fsp3) is 0.296. The lowest BCUT2D eigenvalue weighted by atomic mass is 9.92. The van der Waals surface area contributed by atoms with E-state index in [9.17, 15) is 13.7 Å². The Morgan fingerprint density at radius 2 is 1.97 bits per heavy atom. The zero-order valence-electron chi connectivity index (χ0n) is 20.7. The molecular formula is C27H28N6O3S. The monoisotopic (exact) mass is 516 g/mol. The molecule has 0 bridgehead atoms. The molecule has 2 aromatic heterocycles. The van der Waals surface area contributed by atoms with Gasteiger partial charge in [-0.2, -0.15) is 5.26 Å². The maximum absolute atomic E-state index is 12.3. The van der Waals surface area contributed by atoms with Crippen LogP contribution in [0, 0.1) is 18.3 Å². The number of rotatable bonds is 8. The van der Waals surface area contributed by atoms with Crippen LogP contribution in [0.2, 0.25) is 0 Å². The van der Waals surface area contributed by atoms with E-state index >= 15 is 0 Å². The number of fused-ring (bicyclic) bond motifs is 1. The van der Waals surface area contributed by atoms with Crippen LogP contribution in [0.15, 0.2) is 48.8 Å². The van der Waals surface area contributed by atoms with E-state index in [0.29, 0.717) is 29.6 Å². The summed E-state index contributed by atoms with van der Waals surface area (Å²) in [5.41, 5.74) is 11.8. The number of nitrogen functional groups attached to an aromatic ring is 1. The molecule has 0 aliphatic heterocycles. The molecule has 0 atom stereocenters. The molecule has 4 aromatic rings. The van der Waals surface area contributed by atoms with Crippen molar-refractivity contribution in [3.63, 3.8) is 0 Å². The average Bonchev–Trinajstić information content (AvgIpc) is 3.09. The van der Waals surface area contributed by atoms with Crippen LogP contribution in [-0.4, -0.2) is 28.7 Å². The summed E-state index contributed by atoms with van der Waals surface area (Å²) in [6.45, 7) is 3.79. The first kappa shape index (κ1) is 24.6. The van der Waals surface area contributed by atoms with Gasteiger partial charge in [0, 0.05) is 41.1 Å². The van der Waals surface area contributed by atoms with Gasteiger partial charge in [-0.3, -0.25) is 4.72 Å². The summed E-state index contributed by atoms with van der Waals surface area (Å²) in [5.74, 6) is 0.758. The molecule has 1 saturated carbocycles. The molecule has 190 valence electrons. The summed E-state index contributed by atoms with van der Waals surface area (Å²) in [6, 6.07) is 13.5. The lowest BCUT2D eigenvalue weighted by Gasteiger charge is -2.30. The first-order valence-corrected chi connectivity index (χ1v) is 13.9. The second-order valence-corrected chi connectivity index (χ2v) is 11.1. The molecule has 2 aromatic carbocycles. The third-order valence-corrected chi connectivity index (χ3v) is 8.16. The minimum Gasteiger partial charge on any atom is -0.436 e. The third kappa shape index (κ3) is 4.70. The van der Waals surface area contributed by atoms with Crippen LogP contribution in [0.1, 0.15) is 49.9 Å². The predicted octanol–water partition coefficient (Wildman–Crippen LogP) is 5.53. The predicted molar refractivity (Wildman–Crippen MR) is 144 cm³/mol. The van der Waals surface area contributed by atoms with Gasteiger partial charge in [-0.15, -0.1) is 0 Å². The SMILES string of the molecule is CCCS(=O)(=O)Nc1ccc(-c2c(N)c3ccc(Oc4nccnc4C#N)cc3n2C2CCC2)c(C)c1. The van der Waals surface area contributed by atoms with Gasteiger partial charge in [-0.25, -0.2) is 18.4 Å². The average molecular weight is 517 g/mol. The highest BCUT2D eigenvalue weighted by atomic mass is 32.2. The Labute approximate surface area is 216 Å². The Hall–Kier alpha value is -4.10. The van der Waals surface area contributed by atoms with E-state index in [1.165, 1.54) is 12.4 Å². The maximum Gasteiger partial charge on any atom is 0.256 e. The number of nitrogens with zero attached hydrogens (tertiary/aromatic N) is 4. The van der Waals surface area contributed by atoms with Crippen LogP contribution in [0.4, 0.5) is 11.4 Å². The highest BCUT2D eigenvalue weighted by molar-refractivity contribution is 7.92. The van der Waals surface area contributed by atoms with Crippen molar-refractivity contribution in [1.29, 1.82) is 5.26 Å². The number of anilines is 2. The van der Waals surface area contributed by atoms with E-state index in [0.717, 1.165) is 47.0 Å². The van der Waals surface area contributed by atoms with Crippen molar-refractivity contribution in [2.45, 2.75) is 45.6 Å². The number of nitriles is 1. The van der Waals surface area contributed by atoms with Gasteiger partial charge in [0.05, 0.1) is 22.7 Å². The molecule has 37 heavy (non-hydrogen) atoms. The number of sulfonamides is 1. The molecule has 1 aliphatic rings. The maximum atomic E-state index is 12.3. The molecule has 10 heteroatoms. The van der Waals surface area contributed by atoms with Crippen LogP contribution in [0.5, 0.6) is 11.6 Å². The van der Waals surface area contributed by atoms with E-state index < -0.39 is 10.0 Å². The van der Waals surface area contributed by atoms with Crippen molar-refractivity contribution in [3.8, 4) is 29.0 Å². The van der Waals surface area contributed by atoms with Crippen molar-refractivity contribution in [2.75, 3.05) is 16.2 Å². The van der Waals surface area contributed by atoms with Crippen molar-refractivity contribution < 1.29 is 13.2 Å². The fourth-order valence-electron chi connectivity index (χ4n) is 4.76. The summed E-state index contributed by atoms with van der Waals surface area (Å²) in [5, 5.41) is 10.2. The Morgan fingerprint density at radius 3 is 2.65 bits per heavy atom.